The van der Waals surface area contributed by atoms with Gasteiger partial charge in [-0.3, -0.25) is 4.79 Å². The second kappa shape index (κ2) is 15.2. The van der Waals surface area contributed by atoms with E-state index >= 15 is 0 Å². The zero-order valence-electron chi connectivity index (χ0n) is 24.5. The first-order chi connectivity index (χ1) is 18.7. The number of aryl methyl sites for hydroxylation is 1. The molecule has 6 heteroatoms. The second-order valence-corrected chi connectivity index (χ2v) is 12.2. The fourth-order valence-electron chi connectivity index (χ4n) is 4.48. The van der Waals surface area contributed by atoms with Crippen molar-refractivity contribution in [3.63, 3.8) is 0 Å². The molecule has 1 fully saturated rings. The van der Waals surface area contributed by atoms with Crippen molar-refractivity contribution in [2.75, 3.05) is 18.4 Å². The Labute approximate surface area is 239 Å². The highest BCUT2D eigenvalue weighted by Gasteiger charge is 2.18. The van der Waals surface area contributed by atoms with Gasteiger partial charge in [-0.2, -0.15) is 0 Å². The molecular formula is C33H47N3O2S. The Morgan fingerprint density at radius 1 is 1.08 bits per heavy atom. The van der Waals surface area contributed by atoms with Gasteiger partial charge < -0.3 is 21.1 Å². The van der Waals surface area contributed by atoms with Crippen LogP contribution in [0, 0.1) is 12.8 Å². The fourth-order valence-corrected chi connectivity index (χ4v) is 5.70. The average Bonchev–Trinajstić information content (AvgIpc) is 3.35. The number of hydrogen-bond acceptors (Lipinski definition) is 5. The molecule has 39 heavy (non-hydrogen) atoms. The zero-order chi connectivity index (χ0) is 28.4. The highest BCUT2D eigenvalue weighted by Crippen LogP contribution is 2.31. The second-order valence-electron chi connectivity index (χ2n) is 11.1. The van der Waals surface area contributed by atoms with Crippen LogP contribution in [0.4, 0.5) is 5.69 Å². The highest BCUT2D eigenvalue weighted by molar-refractivity contribution is 7.15. The van der Waals surface area contributed by atoms with Crippen LogP contribution in [0.5, 0.6) is 0 Å². The molecule has 2 atom stereocenters. The number of nitrogens with one attached hydrogen (secondary N) is 3. The molecule has 2 heterocycles. The van der Waals surface area contributed by atoms with Gasteiger partial charge >= 0.3 is 0 Å². The van der Waals surface area contributed by atoms with Crippen molar-refractivity contribution < 1.29 is 9.90 Å². The van der Waals surface area contributed by atoms with E-state index in [2.05, 4.69) is 73.1 Å². The Morgan fingerprint density at radius 2 is 1.85 bits per heavy atom. The van der Waals surface area contributed by atoms with Gasteiger partial charge in [0.05, 0.1) is 18.2 Å². The van der Waals surface area contributed by atoms with Crippen LogP contribution in [0.25, 0.3) is 10.4 Å². The van der Waals surface area contributed by atoms with E-state index in [1.165, 1.54) is 15.3 Å². The molecule has 4 N–H and O–H groups in total. The normalized spacial score (nSPS) is 14.7. The van der Waals surface area contributed by atoms with Gasteiger partial charge in [-0.05, 0) is 86.1 Å². The number of hydrogen-bond donors (Lipinski definition) is 4. The summed E-state index contributed by atoms with van der Waals surface area (Å²) in [5.74, 6) is 0.622. The molecule has 5 nitrogen and oxygen atoms in total. The van der Waals surface area contributed by atoms with Crippen molar-refractivity contribution >= 4 is 22.9 Å². The predicted molar refractivity (Wildman–Crippen MR) is 167 cm³/mol. The zero-order valence-corrected chi connectivity index (χ0v) is 25.3. The summed E-state index contributed by atoms with van der Waals surface area (Å²) in [7, 11) is 0. The van der Waals surface area contributed by atoms with E-state index < -0.39 is 0 Å². The molecule has 0 bridgehead atoms. The molecule has 3 aromatic rings. The minimum absolute atomic E-state index is 0.0360. The Balaban J connectivity index is 0.000000532. The Kier molecular flexibility index (Phi) is 12.0. The SMILES string of the molecule is CCCC(O)CC.Cc1ccc(NC2CNC2)cc1C(=O)NC(C)c1cccc(-c2ccc(CC(C)C)s2)c1. The first kappa shape index (κ1) is 30.9. The van der Waals surface area contributed by atoms with Crippen molar-refractivity contribution in [1.82, 2.24) is 10.6 Å². The smallest absolute Gasteiger partial charge is 0.252 e. The molecule has 1 aliphatic heterocycles. The Bertz CT molecular complexity index is 1190. The topological polar surface area (TPSA) is 73.4 Å². The average molecular weight is 550 g/mol. The van der Waals surface area contributed by atoms with Gasteiger partial charge in [0.15, 0.2) is 0 Å². The molecule has 0 saturated carbocycles. The Hall–Kier alpha value is -2.67. The van der Waals surface area contributed by atoms with Gasteiger partial charge in [-0.15, -0.1) is 11.3 Å². The minimum Gasteiger partial charge on any atom is -0.393 e. The summed E-state index contributed by atoms with van der Waals surface area (Å²) in [6, 6.07) is 19.4. The van der Waals surface area contributed by atoms with E-state index in [0.29, 0.717) is 12.0 Å². The van der Waals surface area contributed by atoms with Crippen LogP contribution in [0.1, 0.15) is 86.3 Å². The number of anilines is 1. The molecule has 0 radical (unpaired) electrons. The maximum Gasteiger partial charge on any atom is 0.252 e. The van der Waals surface area contributed by atoms with Crippen LogP contribution in [0.2, 0.25) is 0 Å². The molecule has 1 amide bonds. The van der Waals surface area contributed by atoms with Crippen molar-refractivity contribution in [3.8, 4) is 10.4 Å². The van der Waals surface area contributed by atoms with Crippen LogP contribution >= 0.6 is 11.3 Å². The number of amides is 1. The summed E-state index contributed by atoms with van der Waals surface area (Å²) in [6.07, 6.45) is 4.01. The monoisotopic (exact) mass is 549 g/mol. The minimum atomic E-state index is -0.0793. The van der Waals surface area contributed by atoms with Gasteiger partial charge in [0, 0.05) is 34.1 Å². The third kappa shape index (κ3) is 9.48. The first-order valence-corrected chi connectivity index (χ1v) is 15.3. The number of aliphatic hydroxyl groups excluding tert-OH is 1. The molecule has 2 aromatic carbocycles. The maximum absolute atomic E-state index is 13.1. The third-order valence-electron chi connectivity index (χ3n) is 7.02. The lowest BCUT2D eigenvalue weighted by molar-refractivity contribution is 0.0939. The molecule has 4 rings (SSSR count). The lowest BCUT2D eigenvalue weighted by Gasteiger charge is -2.29. The van der Waals surface area contributed by atoms with Crippen molar-refractivity contribution in [3.05, 3.63) is 76.2 Å². The Morgan fingerprint density at radius 3 is 2.46 bits per heavy atom. The van der Waals surface area contributed by atoms with Crippen LogP contribution in [-0.2, 0) is 6.42 Å². The van der Waals surface area contributed by atoms with Crippen molar-refractivity contribution in [1.29, 1.82) is 0 Å². The van der Waals surface area contributed by atoms with Crippen LogP contribution in [-0.4, -0.2) is 36.2 Å². The van der Waals surface area contributed by atoms with Crippen LogP contribution < -0.4 is 16.0 Å². The largest absolute Gasteiger partial charge is 0.393 e. The number of carbonyl (C=O) groups is 1. The molecule has 212 valence electrons. The van der Waals surface area contributed by atoms with Crippen molar-refractivity contribution in [2.45, 2.75) is 85.4 Å². The summed E-state index contributed by atoms with van der Waals surface area (Å²) >= 11 is 1.86. The number of rotatable bonds is 11. The van der Waals surface area contributed by atoms with Gasteiger partial charge in [-0.25, -0.2) is 0 Å². The fraction of sp³-hybridized carbons (Fsp3) is 0.485. The number of aliphatic hydroxyl groups is 1. The van der Waals surface area contributed by atoms with Crippen molar-refractivity contribution in [2.24, 2.45) is 5.92 Å². The summed E-state index contributed by atoms with van der Waals surface area (Å²) in [4.78, 5) is 15.8. The number of carbonyl (C=O) groups excluding carboxylic acids is 1. The quantitative estimate of drug-likeness (QED) is 0.202. The van der Waals surface area contributed by atoms with Crippen LogP contribution in [0.15, 0.2) is 54.6 Å². The van der Waals surface area contributed by atoms with E-state index in [4.69, 9.17) is 5.11 Å². The standard InChI is InChI=1S/C27H33N3OS.C6H14O/c1-17(2)12-24-10-11-26(32-24)21-7-5-6-20(13-21)19(4)29-27(31)25-14-22(9-8-18(25)3)30-23-15-28-16-23;1-3-5-6(7)4-2/h5-11,13-14,17,19,23,28,30H,12,15-16H2,1-4H3,(H,29,31);6-7H,3-5H2,1-2H3. The van der Waals surface area contributed by atoms with Crippen LogP contribution in [0.3, 0.4) is 0 Å². The first-order valence-electron chi connectivity index (χ1n) is 14.5. The highest BCUT2D eigenvalue weighted by atomic mass is 32.1. The van der Waals surface area contributed by atoms with E-state index in [-0.39, 0.29) is 18.1 Å². The summed E-state index contributed by atoms with van der Waals surface area (Å²) in [5, 5.41) is 18.8. The van der Waals surface area contributed by atoms with E-state index in [1.54, 1.807) is 0 Å². The lowest BCUT2D eigenvalue weighted by atomic mass is 10.0. The molecule has 1 saturated heterocycles. The summed E-state index contributed by atoms with van der Waals surface area (Å²) in [5.41, 5.74) is 5.03. The van der Waals surface area contributed by atoms with Gasteiger partial charge in [0.2, 0.25) is 0 Å². The predicted octanol–water partition coefficient (Wildman–Crippen LogP) is 7.35. The van der Waals surface area contributed by atoms with E-state index in [0.717, 1.165) is 61.2 Å². The third-order valence-corrected chi connectivity index (χ3v) is 8.17. The number of thiophene rings is 1. The van der Waals surface area contributed by atoms with Gasteiger partial charge in [-0.1, -0.05) is 58.4 Å². The molecule has 0 spiro atoms. The molecule has 1 aliphatic rings. The molecule has 0 aliphatic carbocycles. The van der Waals surface area contributed by atoms with Gasteiger partial charge in [0.25, 0.3) is 5.91 Å². The van der Waals surface area contributed by atoms with E-state index in [1.807, 2.05) is 50.3 Å². The lowest BCUT2D eigenvalue weighted by Crippen LogP contribution is -2.51. The molecule has 2 unspecified atom stereocenters. The van der Waals surface area contributed by atoms with Gasteiger partial charge in [0.1, 0.15) is 0 Å². The molecule has 1 aromatic heterocycles. The summed E-state index contributed by atoms with van der Waals surface area (Å²) < 4.78 is 0. The van der Waals surface area contributed by atoms with E-state index in [9.17, 15) is 4.79 Å². The maximum atomic E-state index is 13.1. The molecular weight excluding hydrogens is 502 g/mol. The summed E-state index contributed by atoms with van der Waals surface area (Å²) in [6.45, 7) is 14.6. The number of benzene rings is 2.